The minimum absolute atomic E-state index is 0.156. The highest BCUT2D eigenvalue weighted by atomic mass is 16.6. The van der Waals surface area contributed by atoms with Crippen molar-refractivity contribution in [3.05, 3.63) is 0 Å². The molecule has 0 aliphatic carbocycles. The summed E-state index contributed by atoms with van der Waals surface area (Å²) in [6.45, 7) is 13.0. The SMILES string of the molecule is CC1(NCC2CCNCC2)CCN(C(=O)OC(C)(C)C)CC1. The van der Waals surface area contributed by atoms with Crippen molar-refractivity contribution in [2.45, 2.75) is 64.5 Å². The Bertz CT molecular complexity index is 365. The lowest BCUT2D eigenvalue weighted by Crippen LogP contribution is -2.54. The van der Waals surface area contributed by atoms with E-state index in [0.29, 0.717) is 0 Å². The molecular weight excluding hydrogens is 278 g/mol. The number of hydrogen-bond donors (Lipinski definition) is 2. The number of ether oxygens (including phenoxy) is 1. The summed E-state index contributed by atoms with van der Waals surface area (Å²) in [5.41, 5.74) is -0.255. The minimum atomic E-state index is -0.412. The second-order valence-electron chi connectivity index (χ2n) is 8.10. The van der Waals surface area contributed by atoms with Gasteiger partial charge >= 0.3 is 6.09 Å². The van der Waals surface area contributed by atoms with Crippen LogP contribution in [0.15, 0.2) is 0 Å². The monoisotopic (exact) mass is 311 g/mol. The van der Waals surface area contributed by atoms with Crippen LogP contribution >= 0.6 is 0 Å². The zero-order chi connectivity index (χ0) is 16.2. The molecule has 0 radical (unpaired) electrons. The van der Waals surface area contributed by atoms with Crippen molar-refractivity contribution >= 4 is 6.09 Å². The van der Waals surface area contributed by atoms with E-state index in [-0.39, 0.29) is 11.6 Å². The molecule has 2 fully saturated rings. The van der Waals surface area contributed by atoms with Crippen LogP contribution in [-0.2, 0) is 4.74 Å². The van der Waals surface area contributed by atoms with Crippen molar-refractivity contribution in [3.8, 4) is 0 Å². The van der Waals surface area contributed by atoms with E-state index in [9.17, 15) is 4.79 Å². The standard InChI is InChI=1S/C17H33N3O2/c1-16(2,3)22-15(21)20-11-7-17(4,8-12-20)19-13-14-5-9-18-10-6-14/h14,18-19H,5-13H2,1-4H3. The zero-order valence-corrected chi connectivity index (χ0v) is 14.7. The van der Waals surface area contributed by atoms with Crippen LogP contribution in [0.3, 0.4) is 0 Å². The first-order chi connectivity index (χ1) is 10.3. The van der Waals surface area contributed by atoms with Gasteiger partial charge in [0, 0.05) is 18.6 Å². The summed E-state index contributed by atoms with van der Waals surface area (Å²) in [5, 5.41) is 7.18. The summed E-state index contributed by atoms with van der Waals surface area (Å²) in [5.74, 6) is 0.793. The van der Waals surface area contributed by atoms with Gasteiger partial charge in [0.15, 0.2) is 0 Å². The summed E-state index contributed by atoms with van der Waals surface area (Å²) in [7, 11) is 0. The fourth-order valence-electron chi connectivity index (χ4n) is 3.16. The maximum Gasteiger partial charge on any atom is 0.410 e. The Hall–Kier alpha value is -0.810. The van der Waals surface area contributed by atoms with E-state index in [1.807, 2.05) is 25.7 Å². The summed E-state index contributed by atoms with van der Waals surface area (Å²) >= 11 is 0. The topological polar surface area (TPSA) is 53.6 Å². The molecule has 0 bridgehead atoms. The Morgan fingerprint density at radius 3 is 2.41 bits per heavy atom. The highest BCUT2D eigenvalue weighted by molar-refractivity contribution is 5.68. The number of hydrogen-bond acceptors (Lipinski definition) is 4. The first-order valence-corrected chi connectivity index (χ1v) is 8.71. The number of piperidine rings is 2. The van der Waals surface area contributed by atoms with Crippen molar-refractivity contribution < 1.29 is 9.53 Å². The van der Waals surface area contributed by atoms with Crippen LogP contribution in [0, 0.1) is 5.92 Å². The maximum absolute atomic E-state index is 12.1. The Morgan fingerprint density at radius 2 is 1.86 bits per heavy atom. The average molecular weight is 311 g/mol. The van der Waals surface area contributed by atoms with Gasteiger partial charge in [-0.2, -0.15) is 0 Å². The summed E-state index contributed by atoms with van der Waals surface area (Å²) in [6.07, 6.45) is 4.36. The molecule has 0 spiro atoms. The predicted octanol–water partition coefficient (Wildman–Crippen LogP) is 2.37. The van der Waals surface area contributed by atoms with Crippen LogP contribution in [0.5, 0.6) is 0 Å². The number of amides is 1. The lowest BCUT2D eigenvalue weighted by Gasteiger charge is -2.41. The van der Waals surface area contributed by atoms with E-state index < -0.39 is 5.60 Å². The molecule has 5 heteroatoms. The third-order valence-corrected chi connectivity index (χ3v) is 4.79. The predicted molar refractivity (Wildman–Crippen MR) is 89.0 cm³/mol. The third kappa shape index (κ3) is 5.43. The molecule has 5 nitrogen and oxygen atoms in total. The first-order valence-electron chi connectivity index (χ1n) is 8.71. The van der Waals surface area contributed by atoms with Gasteiger partial charge in [0.05, 0.1) is 0 Å². The van der Waals surface area contributed by atoms with Gasteiger partial charge in [-0.25, -0.2) is 4.79 Å². The van der Waals surface area contributed by atoms with Crippen LogP contribution in [0.4, 0.5) is 4.79 Å². The zero-order valence-electron chi connectivity index (χ0n) is 14.7. The highest BCUT2D eigenvalue weighted by Crippen LogP contribution is 2.24. The summed E-state index contributed by atoms with van der Waals surface area (Å²) in [4.78, 5) is 14.0. The molecule has 1 amide bonds. The molecule has 0 aromatic heterocycles. The van der Waals surface area contributed by atoms with Crippen LogP contribution in [-0.4, -0.2) is 54.9 Å². The highest BCUT2D eigenvalue weighted by Gasteiger charge is 2.33. The van der Waals surface area contributed by atoms with Crippen molar-refractivity contribution in [1.82, 2.24) is 15.5 Å². The van der Waals surface area contributed by atoms with E-state index in [1.54, 1.807) is 0 Å². The van der Waals surface area contributed by atoms with Crippen LogP contribution in [0.2, 0.25) is 0 Å². The van der Waals surface area contributed by atoms with E-state index >= 15 is 0 Å². The molecule has 2 saturated heterocycles. The molecule has 0 aromatic rings. The lowest BCUT2D eigenvalue weighted by molar-refractivity contribution is 0.0155. The number of rotatable bonds is 3. The second kappa shape index (κ2) is 7.18. The normalized spacial score (nSPS) is 23.4. The Kier molecular flexibility index (Phi) is 5.72. The van der Waals surface area contributed by atoms with Gasteiger partial charge < -0.3 is 20.3 Å². The number of nitrogens with zero attached hydrogens (tertiary/aromatic N) is 1. The van der Waals surface area contributed by atoms with Gasteiger partial charge in [0.1, 0.15) is 5.60 Å². The Morgan fingerprint density at radius 1 is 1.27 bits per heavy atom. The van der Waals surface area contributed by atoms with Gasteiger partial charge in [0.2, 0.25) is 0 Å². The largest absolute Gasteiger partial charge is 0.444 e. The molecule has 2 heterocycles. The molecule has 0 aromatic carbocycles. The van der Waals surface area contributed by atoms with Crippen molar-refractivity contribution in [2.24, 2.45) is 5.92 Å². The molecule has 0 unspecified atom stereocenters. The van der Waals surface area contributed by atoms with Gasteiger partial charge in [0.25, 0.3) is 0 Å². The molecule has 128 valence electrons. The molecule has 2 rings (SSSR count). The van der Waals surface area contributed by atoms with Gasteiger partial charge in [-0.05, 0) is 78.9 Å². The number of carbonyl (C=O) groups is 1. The molecular formula is C17H33N3O2. The van der Waals surface area contributed by atoms with Crippen molar-refractivity contribution in [1.29, 1.82) is 0 Å². The minimum Gasteiger partial charge on any atom is -0.444 e. The average Bonchev–Trinajstić information content (AvgIpc) is 2.45. The molecule has 2 aliphatic heterocycles. The molecule has 0 atom stereocenters. The van der Waals surface area contributed by atoms with E-state index in [1.165, 1.54) is 12.8 Å². The fraction of sp³-hybridized carbons (Fsp3) is 0.941. The first kappa shape index (κ1) is 17.5. The lowest BCUT2D eigenvalue weighted by atomic mass is 9.88. The molecule has 0 saturated carbocycles. The van der Waals surface area contributed by atoms with Crippen LogP contribution < -0.4 is 10.6 Å². The number of likely N-dealkylation sites (tertiary alicyclic amines) is 1. The molecule has 22 heavy (non-hydrogen) atoms. The maximum atomic E-state index is 12.1. The number of carbonyl (C=O) groups excluding carboxylic acids is 1. The summed E-state index contributed by atoms with van der Waals surface area (Å²) in [6, 6.07) is 0. The quantitative estimate of drug-likeness (QED) is 0.840. The van der Waals surface area contributed by atoms with E-state index in [4.69, 9.17) is 4.74 Å². The smallest absolute Gasteiger partial charge is 0.410 e. The van der Waals surface area contributed by atoms with Gasteiger partial charge in [-0.15, -0.1) is 0 Å². The van der Waals surface area contributed by atoms with E-state index in [2.05, 4.69) is 17.6 Å². The summed E-state index contributed by atoms with van der Waals surface area (Å²) < 4.78 is 5.46. The van der Waals surface area contributed by atoms with Crippen LogP contribution in [0.1, 0.15) is 53.4 Å². The third-order valence-electron chi connectivity index (χ3n) is 4.79. The molecule has 2 N–H and O–H groups in total. The van der Waals surface area contributed by atoms with Crippen LogP contribution in [0.25, 0.3) is 0 Å². The Balaban J connectivity index is 1.74. The molecule has 2 aliphatic rings. The van der Waals surface area contributed by atoms with Crippen molar-refractivity contribution in [3.63, 3.8) is 0 Å². The van der Waals surface area contributed by atoms with Crippen molar-refractivity contribution in [2.75, 3.05) is 32.7 Å². The Labute approximate surface area is 135 Å². The van der Waals surface area contributed by atoms with E-state index in [0.717, 1.165) is 51.5 Å². The fourth-order valence-corrected chi connectivity index (χ4v) is 3.16. The van der Waals surface area contributed by atoms with Gasteiger partial charge in [-0.1, -0.05) is 0 Å². The number of nitrogens with one attached hydrogen (secondary N) is 2. The van der Waals surface area contributed by atoms with Gasteiger partial charge in [-0.3, -0.25) is 0 Å². The second-order valence-corrected chi connectivity index (χ2v) is 8.10.